The molecule has 5 nitrogen and oxygen atoms in total. The zero-order chi connectivity index (χ0) is 10.8. The first-order valence-electron chi connectivity index (χ1n) is 4.44. The zero-order valence-corrected chi connectivity index (χ0v) is 8.12. The maximum absolute atomic E-state index is 11.0. The Kier molecular flexibility index (Phi) is 7.45. The van der Waals surface area contributed by atoms with Crippen LogP contribution in [0.4, 0.5) is 0 Å². The van der Waals surface area contributed by atoms with Crippen LogP contribution in [0.5, 0.6) is 0 Å². The fourth-order valence-corrected chi connectivity index (χ4v) is 0.791. The molecule has 0 saturated heterocycles. The molecule has 5 heteroatoms. The predicted molar refractivity (Wildman–Crippen MR) is 52.2 cm³/mol. The number of hydrogen-bond donors (Lipinski definition) is 2. The van der Waals surface area contributed by atoms with E-state index in [0.29, 0.717) is 12.8 Å². The summed E-state index contributed by atoms with van der Waals surface area (Å²) in [6.45, 7) is 3.66. The van der Waals surface area contributed by atoms with Gasteiger partial charge in [0.2, 0.25) is 5.91 Å². The summed E-state index contributed by atoms with van der Waals surface area (Å²) >= 11 is 0. The number of ether oxygens (including phenoxy) is 1. The van der Waals surface area contributed by atoms with E-state index >= 15 is 0 Å². The molecule has 0 spiro atoms. The van der Waals surface area contributed by atoms with Gasteiger partial charge in [0.25, 0.3) is 0 Å². The fourth-order valence-electron chi connectivity index (χ4n) is 0.791. The molecule has 80 valence electrons. The molecule has 0 aliphatic rings. The van der Waals surface area contributed by atoms with Crippen LogP contribution < -0.4 is 11.1 Å². The average molecular weight is 200 g/mol. The number of nitrogens with one attached hydrogen (secondary N) is 1. The molecule has 0 aliphatic carbocycles. The van der Waals surface area contributed by atoms with Crippen molar-refractivity contribution in [3.8, 4) is 0 Å². The molecule has 0 aromatic heterocycles. The van der Waals surface area contributed by atoms with Crippen molar-refractivity contribution in [1.82, 2.24) is 5.32 Å². The van der Waals surface area contributed by atoms with Gasteiger partial charge in [0.05, 0.1) is 6.42 Å². The standard InChI is InChI=1S/C9H16N2O3/c1-2-3-4-8(12)11-6-5-9(13)14-7-10/h2H,1,3-7,10H2,(H,11,12). The number of allylic oxidation sites excluding steroid dienone is 1. The molecule has 0 aliphatic heterocycles. The maximum Gasteiger partial charge on any atom is 0.308 e. The molecule has 0 rings (SSSR count). The molecule has 0 fully saturated rings. The highest BCUT2D eigenvalue weighted by Crippen LogP contribution is 1.89. The molecular weight excluding hydrogens is 184 g/mol. The van der Waals surface area contributed by atoms with Crippen LogP contribution >= 0.6 is 0 Å². The Labute approximate surface area is 83.3 Å². The SMILES string of the molecule is C=CCCC(=O)NCCC(=O)OCN. The van der Waals surface area contributed by atoms with Crippen molar-refractivity contribution in [2.24, 2.45) is 5.73 Å². The fraction of sp³-hybridized carbons (Fsp3) is 0.556. The van der Waals surface area contributed by atoms with Gasteiger partial charge in [-0.3, -0.25) is 15.3 Å². The largest absolute Gasteiger partial charge is 0.450 e. The quantitative estimate of drug-likeness (QED) is 0.342. The molecule has 0 atom stereocenters. The van der Waals surface area contributed by atoms with E-state index in [-0.39, 0.29) is 25.6 Å². The van der Waals surface area contributed by atoms with E-state index in [0.717, 1.165) is 0 Å². The number of amides is 1. The predicted octanol–water partition coefficient (Wildman–Crippen LogP) is -0.0817. The van der Waals surface area contributed by atoms with Crippen molar-refractivity contribution in [1.29, 1.82) is 0 Å². The second kappa shape index (κ2) is 8.25. The highest BCUT2D eigenvalue weighted by atomic mass is 16.5. The molecule has 0 saturated carbocycles. The molecule has 14 heavy (non-hydrogen) atoms. The van der Waals surface area contributed by atoms with Gasteiger partial charge in [0.1, 0.15) is 6.73 Å². The van der Waals surface area contributed by atoms with Crippen LogP contribution in [0.3, 0.4) is 0 Å². The van der Waals surface area contributed by atoms with E-state index in [9.17, 15) is 9.59 Å². The molecule has 0 aromatic carbocycles. The Morgan fingerprint density at radius 1 is 1.43 bits per heavy atom. The van der Waals surface area contributed by atoms with Crippen molar-refractivity contribution in [2.75, 3.05) is 13.3 Å². The Hall–Kier alpha value is -1.36. The zero-order valence-electron chi connectivity index (χ0n) is 8.12. The van der Waals surface area contributed by atoms with Gasteiger partial charge < -0.3 is 10.1 Å². The smallest absolute Gasteiger partial charge is 0.308 e. The van der Waals surface area contributed by atoms with Crippen LogP contribution in [0, 0.1) is 0 Å². The average Bonchev–Trinajstić information content (AvgIpc) is 2.15. The van der Waals surface area contributed by atoms with E-state index in [1.807, 2.05) is 0 Å². The second-order valence-corrected chi connectivity index (χ2v) is 2.61. The van der Waals surface area contributed by atoms with Crippen LogP contribution in [-0.2, 0) is 14.3 Å². The Morgan fingerprint density at radius 2 is 2.14 bits per heavy atom. The highest BCUT2D eigenvalue weighted by Gasteiger charge is 2.03. The third-order valence-electron chi connectivity index (χ3n) is 1.47. The minimum absolute atomic E-state index is 0.0922. The van der Waals surface area contributed by atoms with Gasteiger partial charge in [-0.1, -0.05) is 6.08 Å². The summed E-state index contributed by atoms with van der Waals surface area (Å²) in [5.41, 5.74) is 4.99. The second-order valence-electron chi connectivity index (χ2n) is 2.61. The summed E-state index contributed by atoms with van der Waals surface area (Å²) in [5.74, 6) is -0.498. The maximum atomic E-state index is 11.0. The first-order valence-corrected chi connectivity index (χ1v) is 4.44. The van der Waals surface area contributed by atoms with Crippen molar-refractivity contribution in [2.45, 2.75) is 19.3 Å². The van der Waals surface area contributed by atoms with Gasteiger partial charge in [-0.05, 0) is 6.42 Å². The van der Waals surface area contributed by atoms with Gasteiger partial charge in [-0.15, -0.1) is 6.58 Å². The molecule has 0 bridgehead atoms. The Bertz CT molecular complexity index is 204. The van der Waals surface area contributed by atoms with Gasteiger partial charge >= 0.3 is 5.97 Å². The number of hydrogen-bond acceptors (Lipinski definition) is 4. The van der Waals surface area contributed by atoms with Gasteiger partial charge in [0, 0.05) is 13.0 Å². The van der Waals surface area contributed by atoms with Crippen LogP contribution in [0.2, 0.25) is 0 Å². The number of rotatable bonds is 7. The minimum Gasteiger partial charge on any atom is -0.450 e. The lowest BCUT2D eigenvalue weighted by molar-refractivity contribution is -0.143. The Balaban J connectivity index is 3.39. The molecular formula is C9H16N2O3. The van der Waals surface area contributed by atoms with E-state index in [1.165, 1.54) is 0 Å². The summed E-state index contributed by atoms with van der Waals surface area (Å²) in [4.78, 5) is 21.8. The van der Waals surface area contributed by atoms with Gasteiger partial charge in [-0.25, -0.2) is 0 Å². The lowest BCUT2D eigenvalue weighted by Crippen LogP contribution is -2.26. The summed E-state index contributed by atoms with van der Waals surface area (Å²) in [7, 11) is 0. The number of nitrogens with two attached hydrogens (primary N) is 1. The lowest BCUT2D eigenvalue weighted by Gasteiger charge is -2.03. The molecule has 0 unspecified atom stereocenters. The van der Waals surface area contributed by atoms with E-state index in [2.05, 4.69) is 16.6 Å². The molecule has 0 heterocycles. The summed E-state index contributed by atoms with van der Waals surface area (Å²) in [6, 6.07) is 0. The summed E-state index contributed by atoms with van der Waals surface area (Å²) < 4.78 is 4.48. The van der Waals surface area contributed by atoms with Gasteiger partial charge in [-0.2, -0.15) is 0 Å². The summed E-state index contributed by atoms with van der Waals surface area (Å²) in [6.07, 6.45) is 2.85. The molecule has 0 radical (unpaired) electrons. The minimum atomic E-state index is -0.406. The monoisotopic (exact) mass is 200 g/mol. The topological polar surface area (TPSA) is 81.4 Å². The third-order valence-corrected chi connectivity index (χ3v) is 1.47. The van der Waals surface area contributed by atoms with E-state index < -0.39 is 5.97 Å². The third kappa shape index (κ3) is 7.30. The first-order chi connectivity index (χ1) is 6.70. The van der Waals surface area contributed by atoms with Gasteiger partial charge in [0.15, 0.2) is 0 Å². The molecule has 0 aromatic rings. The summed E-state index contributed by atoms with van der Waals surface area (Å²) in [5, 5.41) is 2.58. The number of esters is 1. The van der Waals surface area contributed by atoms with Crippen molar-refractivity contribution in [3.63, 3.8) is 0 Å². The van der Waals surface area contributed by atoms with Crippen LogP contribution in [0.1, 0.15) is 19.3 Å². The highest BCUT2D eigenvalue weighted by molar-refractivity contribution is 5.77. The first kappa shape index (κ1) is 12.6. The molecule has 1 amide bonds. The lowest BCUT2D eigenvalue weighted by atomic mass is 10.3. The van der Waals surface area contributed by atoms with E-state index in [1.54, 1.807) is 6.08 Å². The van der Waals surface area contributed by atoms with Crippen molar-refractivity contribution >= 4 is 11.9 Å². The van der Waals surface area contributed by atoms with Crippen LogP contribution in [-0.4, -0.2) is 25.2 Å². The number of carbonyl (C=O) groups is 2. The Morgan fingerprint density at radius 3 is 2.71 bits per heavy atom. The van der Waals surface area contributed by atoms with Crippen molar-refractivity contribution < 1.29 is 14.3 Å². The normalized spacial score (nSPS) is 9.21. The van der Waals surface area contributed by atoms with Crippen LogP contribution in [0.15, 0.2) is 12.7 Å². The van der Waals surface area contributed by atoms with E-state index in [4.69, 9.17) is 5.73 Å². The number of carbonyl (C=O) groups excluding carboxylic acids is 2. The van der Waals surface area contributed by atoms with Crippen LogP contribution in [0.25, 0.3) is 0 Å². The van der Waals surface area contributed by atoms with Crippen molar-refractivity contribution in [3.05, 3.63) is 12.7 Å². The molecule has 3 N–H and O–H groups in total.